The second-order valence-electron chi connectivity index (χ2n) is 5.10. The molecule has 0 amide bonds. The number of benzene rings is 2. The number of fused-ring (bicyclic) bond motifs is 1. The molecule has 0 saturated heterocycles. The first-order valence-electron chi connectivity index (χ1n) is 6.93. The van der Waals surface area contributed by atoms with Crippen molar-refractivity contribution in [2.24, 2.45) is 0 Å². The highest BCUT2D eigenvalue weighted by Gasteiger charge is 2.11. The zero-order valence-corrected chi connectivity index (χ0v) is 12.5. The molecule has 0 bridgehead atoms. The second kappa shape index (κ2) is 5.29. The van der Waals surface area contributed by atoms with Crippen LogP contribution in [0.1, 0.15) is 24.5 Å². The molecule has 0 aliphatic heterocycles. The molecule has 0 fully saturated rings. The van der Waals surface area contributed by atoms with Crippen LogP contribution in [0.4, 0.5) is 0 Å². The lowest BCUT2D eigenvalue weighted by Crippen LogP contribution is -1.94. The van der Waals surface area contributed by atoms with Gasteiger partial charge in [0, 0.05) is 10.6 Å². The van der Waals surface area contributed by atoms with Crippen LogP contribution >= 0.6 is 11.6 Å². The van der Waals surface area contributed by atoms with Crippen LogP contribution in [0.15, 0.2) is 36.4 Å². The predicted molar refractivity (Wildman–Crippen MR) is 85.3 cm³/mol. The summed E-state index contributed by atoms with van der Waals surface area (Å²) in [6.07, 6.45) is 2.20. The van der Waals surface area contributed by atoms with Gasteiger partial charge in [0.15, 0.2) is 0 Å². The predicted octanol–water partition coefficient (Wildman–Crippen LogP) is 5.14. The van der Waals surface area contributed by atoms with Gasteiger partial charge in [-0.15, -0.1) is 0 Å². The summed E-state index contributed by atoms with van der Waals surface area (Å²) in [6, 6.07) is 12.1. The van der Waals surface area contributed by atoms with Crippen molar-refractivity contribution in [3.63, 3.8) is 0 Å². The summed E-state index contributed by atoms with van der Waals surface area (Å²) >= 11 is 6.03. The number of rotatable bonds is 3. The Hall–Kier alpha value is -1.80. The fourth-order valence-electron chi connectivity index (χ4n) is 2.62. The molecule has 3 rings (SSSR count). The number of H-pyrrole nitrogens is 1. The molecule has 3 aromatic rings. The Balaban J connectivity index is 2.17. The van der Waals surface area contributed by atoms with E-state index in [0.29, 0.717) is 0 Å². The van der Waals surface area contributed by atoms with Crippen molar-refractivity contribution in [2.45, 2.75) is 26.7 Å². The van der Waals surface area contributed by atoms with Gasteiger partial charge in [0.05, 0.1) is 11.0 Å². The van der Waals surface area contributed by atoms with E-state index in [1.807, 2.05) is 18.2 Å². The van der Waals surface area contributed by atoms with Gasteiger partial charge in [-0.25, -0.2) is 4.98 Å². The van der Waals surface area contributed by atoms with Gasteiger partial charge in [-0.3, -0.25) is 0 Å². The molecule has 0 atom stereocenters. The van der Waals surface area contributed by atoms with E-state index in [1.54, 1.807) is 0 Å². The van der Waals surface area contributed by atoms with E-state index in [4.69, 9.17) is 16.6 Å². The molecule has 20 heavy (non-hydrogen) atoms. The van der Waals surface area contributed by atoms with E-state index in [1.165, 1.54) is 16.7 Å². The highest BCUT2D eigenvalue weighted by atomic mass is 35.5. The fourth-order valence-corrected chi connectivity index (χ4v) is 2.79. The Morgan fingerprint density at radius 2 is 2.05 bits per heavy atom. The summed E-state index contributed by atoms with van der Waals surface area (Å²) in [7, 11) is 0. The van der Waals surface area contributed by atoms with Crippen LogP contribution in [0.3, 0.4) is 0 Å². The average Bonchev–Trinajstić information content (AvgIpc) is 2.84. The minimum Gasteiger partial charge on any atom is -0.338 e. The average molecular weight is 285 g/mol. The van der Waals surface area contributed by atoms with Crippen LogP contribution in [0.5, 0.6) is 0 Å². The van der Waals surface area contributed by atoms with E-state index < -0.39 is 0 Å². The van der Waals surface area contributed by atoms with Crippen LogP contribution in [-0.2, 0) is 6.42 Å². The lowest BCUT2D eigenvalue weighted by molar-refractivity contribution is 0.913. The molecular formula is C17H17ClN2. The lowest BCUT2D eigenvalue weighted by atomic mass is 9.97. The molecule has 0 aliphatic carbocycles. The van der Waals surface area contributed by atoms with Crippen molar-refractivity contribution in [1.82, 2.24) is 9.97 Å². The third kappa shape index (κ3) is 2.32. The van der Waals surface area contributed by atoms with Crippen LogP contribution in [0, 0.1) is 6.92 Å². The maximum atomic E-state index is 6.03. The first-order chi connectivity index (χ1) is 9.69. The Labute approximate surface area is 123 Å². The summed E-state index contributed by atoms with van der Waals surface area (Å²) in [4.78, 5) is 8.08. The molecule has 0 unspecified atom stereocenters. The molecule has 0 aliphatic rings. The highest BCUT2D eigenvalue weighted by Crippen LogP contribution is 2.28. The van der Waals surface area contributed by atoms with E-state index in [0.717, 1.165) is 34.7 Å². The monoisotopic (exact) mass is 284 g/mol. The molecule has 0 radical (unpaired) electrons. The SMILES string of the molecule is CCCc1c(C)cccc1-c1nc2ccc(Cl)cc2[nH]1. The number of imidazole rings is 1. The third-order valence-electron chi connectivity index (χ3n) is 3.61. The topological polar surface area (TPSA) is 28.7 Å². The van der Waals surface area contributed by atoms with Gasteiger partial charge in [-0.05, 0) is 42.7 Å². The number of aryl methyl sites for hydroxylation is 1. The molecule has 0 saturated carbocycles. The summed E-state index contributed by atoms with van der Waals surface area (Å²) < 4.78 is 0. The van der Waals surface area contributed by atoms with E-state index in [9.17, 15) is 0 Å². The zero-order valence-electron chi connectivity index (χ0n) is 11.7. The molecule has 2 aromatic carbocycles. The summed E-state index contributed by atoms with van der Waals surface area (Å²) in [5.41, 5.74) is 5.83. The standard InChI is InChI=1S/C17H17ClN2/c1-3-5-13-11(2)6-4-7-14(13)17-19-15-9-8-12(18)10-16(15)20-17/h4,6-10H,3,5H2,1-2H3,(H,19,20). The van der Waals surface area contributed by atoms with Crippen LogP contribution in [-0.4, -0.2) is 9.97 Å². The van der Waals surface area contributed by atoms with Crippen molar-refractivity contribution in [2.75, 3.05) is 0 Å². The quantitative estimate of drug-likeness (QED) is 0.708. The van der Waals surface area contributed by atoms with Gasteiger partial charge < -0.3 is 4.98 Å². The van der Waals surface area contributed by atoms with Gasteiger partial charge in [0.1, 0.15) is 5.82 Å². The van der Waals surface area contributed by atoms with Crippen LogP contribution in [0.2, 0.25) is 5.02 Å². The maximum absolute atomic E-state index is 6.03. The number of nitrogens with zero attached hydrogens (tertiary/aromatic N) is 1. The normalized spacial score (nSPS) is 11.2. The minimum absolute atomic E-state index is 0.728. The Morgan fingerprint density at radius 3 is 2.85 bits per heavy atom. The van der Waals surface area contributed by atoms with Crippen molar-refractivity contribution < 1.29 is 0 Å². The van der Waals surface area contributed by atoms with E-state index >= 15 is 0 Å². The maximum Gasteiger partial charge on any atom is 0.138 e. The van der Waals surface area contributed by atoms with Gasteiger partial charge in [-0.2, -0.15) is 0 Å². The molecule has 102 valence electrons. The van der Waals surface area contributed by atoms with Gasteiger partial charge in [0.2, 0.25) is 0 Å². The van der Waals surface area contributed by atoms with E-state index in [2.05, 4.69) is 37.0 Å². The van der Waals surface area contributed by atoms with Crippen molar-refractivity contribution >= 4 is 22.6 Å². The number of hydrogen-bond acceptors (Lipinski definition) is 1. The van der Waals surface area contributed by atoms with Crippen molar-refractivity contribution in [1.29, 1.82) is 0 Å². The first-order valence-corrected chi connectivity index (χ1v) is 7.31. The van der Waals surface area contributed by atoms with Gasteiger partial charge in [-0.1, -0.05) is 43.1 Å². The highest BCUT2D eigenvalue weighted by molar-refractivity contribution is 6.31. The number of hydrogen-bond donors (Lipinski definition) is 1. The fraction of sp³-hybridized carbons (Fsp3) is 0.235. The Morgan fingerprint density at radius 1 is 1.20 bits per heavy atom. The first kappa shape index (κ1) is 13.2. The van der Waals surface area contributed by atoms with Crippen LogP contribution in [0.25, 0.3) is 22.4 Å². The molecule has 0 spiro atoms. The number of aromatic amines is 1. The molecule has 1 N–H and O–H groups in total. The number of aromatic nitrogens is 2. The lowest BCUT2D eigenvalue weighted by Gasteiger charge is -2.09. The molecule has 1 aromatic heterocycles. The number of nitrogens with one attached hydrogen (secondary N) is 1. The van der Waals surface area contributed by atoms with Crippen molar-refractivity contribution in [3.05, 3.63) is 52.5 Å². The van der Waals surface area contributed by atoms with Crippen molar-refractivity contribution in [3.8, 4) is 11.4 Å². The Kier molecular flexibility index (Phi) is 3.49. The molecular weight excluding hydrogens is 268 g/mol. The minimum atomic E-state index is 0.728. The molecule has 2 nitrogen and oxygen atoms in total. The van der Waals surface area contributed by atoms with E-state index in [-0.39, 0.29) is 0 Å². The number of halogens is 1. The largest absolute Gasteiger partial charge is 0.338 e. The zero-order chi connectivity index (χ0) is 14.1. The van der Waals surface area contributed by atoms with Gasteiger partial charge >= 0.3 is 0 Å². The van der Waals surface area contributed by atoms with Gasteiger partial charge in [0.25, 0.3) is 0 Å². The summed E-state index contributed by atoms with van der Waals surface area (Å²) in [5.74, 6) is 0.925. The molecule has 3 heteroatoms. The second-order valence-corrected chi connectivity index (χ2v) is 5.53. The Bertz CT molecular complexity index is 759. The van der Waals surface area contributed by atoms with Crippen LogP contribution < -0.4 is 0 Å². The third-order valence-corrected chi connectivity index (χ3v) is 3.84. The smallest absolute Gasteiger partial charge is 0.138 e. The molecule has 1 heterocycles. The summed E-state index contributed by atoms with van der Waals surface area (Å²) in [6.45, 7) is 4.36. The summed E-state index contributed by atoms with van der Waals surface area (Å²) in [5, 5.41) is 0.728.